The number of nitrogens with zero attached hydrogens (tertiary/aromatic N) is 2. The summed E-state index contributed by atoms with van der Waals surface area (Å²) in [6.07, 6.45) is 0.461. The van der Waals surface area contributed by atoms with Gasteiger partial charge in [-0.2, -0.15) is 0 Å². The Kier molecular flexibility index (Phi) is 4.60. The van der Waals surface area contributed by atoms with Gasteiger partial charge in [-0.25, -0.2) is 0 Å². The SMILES string of the molecule is O=C(Nc1ccc(Cl)cc1Cl)c1nnc(Cc2ccccc2)o1. The molecule has 1 heterocycles. The van der Waals surface area contributed by atoms with Crippen LogP contribution in [0.4, 0.5) is 5.69 Å². The molecule has 1 aromatic heterocycles. The molecule has 1 N–H and O–H groups in total. The van der Waals surface area contributed by atoms with Crippen molar-refractivity contribution in [2.24, 2.45) is 0 Å². The highest BCUT2D eigenvalue weighted by Crippen LogP contribution is 2.25. The van der Waals surface area contributed by atoms with E-state index in [1.54, 1.807) is 12.1 Å². The lowest BCUT2D eigenvalue weighted by molar-refractivity contribution is 0.0988. The number of amides is 1. The molecule has 0 atom stereocenters. The number of hydrogen-bond donors (Lipinski definition) is 1. The molecule has 1 amide bonds. The Morgan fingerprint density at radius 3 is 2.61 bits per heavy atom. The van der Waals surface area contributed by atoms with Crippen molar-refractivity contribution in [3.63, 3.8) is 0 Å². The van der Waals surface area contributed by atoms with Gasteiger partial charge < -0.3 is 9.73 Å². The molecule has 3 rings (SSSR count). The van der Waals surface area contributed by atoms with E-state index in [0.717, 1.165) is 5.56 Å². The van der Waals surface area contributed by atoms with Gasteiger partial charge in [0.05, 0.1) is 17.1 Å². The zero-order valence-electron chi connectivity index (χ0n) is 11.8. The summed E-state index contributed by atoms with van der Waals surface area (Å²) in [5.41, 5.74) is 1.44. The molecule has 0 saturated carbocycles. The molecule has 0 spiro atoms. The van der Waals surface area contributed by atoms with Crippen molar-refractivity contribution in [1.29, 1.82) is 0 Å². The van der Waals surface area contributed by atoms with Crippen LogP contribution in [0.3, 0.4) is 0 Å². The summed E-state index contributed by atoms with van der Waals surface area (Å²) in [5, 5.41) is 11.1. The molecular formula is C16H11Cl2N3O2. The van der Waals surface area contributed by atoms with E-state index < -0.39 is 5.91 Å². The summed E-state index contributed by atoms with van der Waals surface area (Å²) in [5.74, 6) is -0.286. The molecule has 7 heteroatoms. The van der Waals surface area contributed by atoms with Crippen molar-refractivity contribution in [1.82, 2.24) is 10.2 Å². The second kappa shape index (κ2) is 6.81. The van der Waals surface area contributed by atoms with E-state index in [9.17, 15) is 4.79 Å². The standard InChI is InChI=1S/C16H11Cl2N3O2/c17-11-6-7-13(12(18)9-11)19-15(22)16-21-20-14(23-16)8-10-4-2-1-3-5-10/h1-7,9H,8H2,(H,19,22). The number of benzene rings is 2. The van der Waals surface area contributed by atoms with E-state index in [-0.39, 0.29) is 5.89 Å². The molecule has 2 aromatic carbocycles. The monoisotopic (exact) mass is 347 g/mol. The predicted molar refractivity (Wildman–Crippen MR) is 88.0 cm³/mol. The number of rotatable bonds is 4. The first-order valence-corrected chi connectivity index (χ1v) is 7.50. The maximum absolute atomic E-state index is 12.1. The maximum atomic E-state index is 12.1. The summed E-state index contributed by atoms with van der Waals surface area (Å²) in [7, 11) is 0. The lowest BCUT2D eigenvalue weighted by Crippen LogP contribution is -2.12. The fraction of sp³-hybridized carbons (Fsp3) is 0.0625. The molecule has 0 radical (unpaired) electrons. The molecule has 0 fully saturated rings. The highest BCUT2D eigenvalue weighted by molar-refractivity contribution is 6.36. The van der Waals surface area contributed by atoms with Crippen LogP contribution in [0.2, 0.25) is 10.0 Å². The minimum Gasteiger partial charge on any atom is -0.417 e. The number of aromatic nitrogens is 2. The number of nitrogens with one attached hydrogen (secondary N) is 1. The highest BCUT2D eigenvalue weighted by Gasteiger charge is 2.16. The predicted octanol–water partition coefficient (Wildman–Crippen LogP) is 4.22. The molecule has 0 aliphatic carbocycles. The largest absolute Gasteiger partial charge is 0.417 e. The van der Waals surface area contributed by atoms with Crippen molar-refractivity contribution >= 4 is 34.8 Å². The number of carbonyl (C=O) groups is 1. The molecule has 3 aromatic rings. The summed E-state index contributed by atoms with van der Waals surface area (Å²) < 4.78 is 5.38. The van der Waals surface area contributed by atoms with Crippen LogP contribution in [0, 0.1) is 0 Å². The van der Waals surface area contributed by atoms with Crippen molar-refractivity contribution in [3.8, 4) is 0 Å². The van der Waals surface area contributed by atoms with Crippen molar-refractivity contribution in [3.05, 3.63) is 75.9 Å². The van der Waals surface area contributed by atoms with Gasteiger partial charge in [0.15, 0.2) is 0 Å². The molecule has 0 bridgehead atoms. The third-order valence-electron chi connectivity index (χ3n) is 3.04. The van der Waals surface area contributed by atoms with Crippen LogP contribution in [-0.4, -0.2) is 16.1 Å². The van der Waals surface area contributed by atoms with E-state index in [0.29, 0.717) is 28.0 Å². The van der Waals surface area contributed by atoms with Crippen molar-refractivity contribution in [2.45, 2.75) is 6.42 Å². The summed E-state index contributed by atoms with van der Waals surface area (Å²) in [4.78, 5) is 12.1. The first kappa shape index (κ1) is 15.5. The molecule has 23 heavy (non-hydrogen) atoms. The third kappa shape index (κ3) is 3.88. The summed E-state index contributed by atoms with van der Waals surface area (Å²) >= 11 is 11.8. The topological polar surface area (TPSA) is 68.0 Å². The highest BCUT2D eigenvalue weighted by atomic mass is 35.5. The Hall–Kier alpha value is -2.37. The second-order valence-corrected chi connectivity index (χ2v) is 5.59. The van der Waals surface area contributed by atoms with E-state index in [2.05, 4.69) is 15.5 Å². The van der Waals surface area contributed by atoms with Crippen LogP contribution >= 0.6 is 23.2 Å². The van der Waals surface area contributed by atoms with Gasteiger partial charge in [-0.05, 0) is 23.8 Å². The normalized spacial score (nSPS) is 10.5. The van der Waals surface area contributed by atoms with Gasteiger partial charge in [-0.3, -0.25) is 4.79 Å². The smallest absolute Gasteiger partial charge is 0.313 e. The fourth-order valence-corrected chi connectivity index (χ4v) is 2.41. The summed E-state index contributed by atoms with van der Waals surface area (Å²) in [6, 6.07) is 14.4. The number of halogens is 2. The molecule has 0 saturated heterocycles. The van der Waals surface area contributed by atoms with E-state index in [4.69, 9.17) is 27.6 Å². The Labute approximate surface area is 142 Å². The number of hydrogen-bond acceptors (Lipinski definition) is 4. The van der Waals surface area contributed by atoms with Crippen LogP contribution in [0.1, 0.15) is 22.1 Å². The second-order valence-electron chi connectivity index (χ2n) is 4.74. The van der Waals surface area contributed by atoms with Crippen molar-refractivity contribution < 1.29 is 9.21 Å². The molecule has 116 valence electrons. The Bertz CT molecular complexity index is 834. The lowest BCUT2D eigenvalue weighted by atomic mass is 10.2. The van der Waals surface area contributed by atoms with E-state index in [1.165, 1.54) is 6.07 Å². The minimum absolute atomic E-state index is 0.123. The lowest BCUT2D eigenvalue weighted by Gasteiger charge is -2.04. The van der Waals surface area contributed by atoms with Gasteiger partial charge in [0.25, 0.3) is 0 Å². The fourth-order valence-electron chi connectivity index (χ4n) is 1.95. The third-order valence-corrected chi connectivity index (χ3v) is 3.59. The summed E-state index contributed by atoms with van der Waals surface area (Å²) in [6.45, 7) is 0. The van der Waals surface area contributed by atoms with Gasteiger partial charge >= 0.3 is 11.8 Å². The maximum Gasteiger partial charge on any atom is 0.313 e. The van der Waals surface area contributed by atoms with E-state index >= 15 is 0 Å². The zero-order chi connectivity index (χ0) is 16.2. The first-order chi connectivity index (χ1) is 11.1. The Morgan fingerprint density at radius 2 is 1.87 bits per heavy atom. The first-order valence-electron chi connectivity index (χ1n) is 6.74. The molecule has 0 unspecified atom stereocenters. The molecule has 5 nitrogen and oxygen atoms in total. The number of anilines is 1. The Morgan fingerprint density at radius 1 is 1.09 bits per heavy atom. The van der Waals surface area contributed by atoms with Crippen LogP contribution in [0.25, 0.3) is 0 Å². The number of carbonyl (C=O) groups excluding carboxylic acids is 1. The zero-order valence-corrected chi connectivity index (χ0v) is 13.3. The van der Waals surface area contributed by atoms with Gasteiger partial charge in [0, 0.05) is 5.02 Å². The minimum atomic E-state index is -0.527. The molecule has 0 aliphatic heterocycles. The molecule has 0 aliphatic rings. The van der Waals surface area contributed by atoms with Crippen LogP contribution in [0.5, 0.6) is 0 Å². The van der Waals surface area contributed by atoms with Gasteiger partial charge in [-0.15, -0.1) is 10.2 Å². The quantitative estimate of drug-likeness (QED) is 0.767. The van der Waals surface area contributed by atoms with Gasteiger partial charge in [0.1, 0.15) is 0 Å². The average molecular weight is 348 g/mol. The van der Waals surface area contributed by atoms with Crippen LogP contribution < -0.4 is 5.32 Å². The Balaban J connectivity index is 1.71. The average Bonchev–Trinajstić information content (AvgIpc) is 3.00. The van der Waals surface area contributed by atoms with E-state index in [1.807, 2.05) is 30.3 Å². The van der Waals surface area contributed by atoms with Crippen LogP contribution in [-0.2, 0) is 6.42 Å². The van der Waals surface area contributed by atoms with Gasteiger partial charge in [0.2, 0.25) is 5.89 Å². The van der Waals surface area contributed by atoms with Crippen molar-refractivity contribution in [2.75, 3.05) is 5.32 Å². The van der Waals surface area contributed by atoms with Crippen LogP contribution in [0.15, 0.2) is 52.9 Å². The van der Waals surface area contributed by atoms with Gasteiger partial charge in [-0.1, -0.05) is 53.5 Å². The molecular weight excluding hydrogens is 337 g/mol.